The lowest BCUT2D eigenvalue weighted by atomic mass is 10.0. The van der Waals surface area contributed by atoms with Gasteiger partial charge < -0.3 is 11.1 Å². The van der Waals surface area contributed by atoms with Gasteiger partial charge in [0.25, 0.3) is 0 Å². The van der Waals surface area contributed by atoms with Crippen molar-refractivity contribution in [3.05, 3.63) is 0 Å². The van der Waals surface area contributed by atoms with E-state index < -0.39 is 0 Å². The molecule has 0 aromatic heterocycles. The molecule has 17 heavy (non-hydrogen) atoms. The van der Waals surface area contributed by atoms with Crippen LogP contribution in [0.3, 0.4) is 0 Å². The predicted molar refractivity (Wildman–Crippen MR) is 70.7 cm³/mol. The number of carbonyl (C=O) groups excluding carboxylic acids is 1. The Bertz CT molecular complexity index is 243. The summed E-state index contributed by atoms with van der Waals surface area (Å²) in [4.78, 5) is 14.0. The van der Waals surface area contributed by atoms with Gasteiger partial charge in [0, 0.05) is 18.6 Å². The first-order valence-corrected chi connectivity index (χ1v) is 6.80. The number of rotatable bonds is 6. The second-order valence-electron chi connectivity index (χ2n) is 5.40. The van der Waals surface area contributed by atoms with Crippen LogP contribution >= 0.6 is 0 Å². The second-order valence-corrected chi connectivity index (χ2v) is 5.40. The highest BCUT2D eigenvalue weighted by atomic mass is 16.2. The molecule has 1 rings (SSSR count). The Morgan fingerprint density at radius 2 is 2.24 bits per heavy atom. The fraction of sp³-hybridized carbons (Fsp3) is 0.923. The fourth-order valence-electron chi connectivity index (χ4n) is 2.46. The maximum atomic E-state index is 11.8. The molecule has 0 aromatic carbocycles. The van der Waals surface area contributed by atoms with Gasteiger partial charge in [0.15, 0.2) is 0 Å². The molecule has 0 saturated carbocycles. The zero-order chi connectivity index (χ0) is 12.8. The van der Waals surface area contributed by atoms with E-state index in [9.17, 15) is 4.79 Å². The molecular weight excluding hydrogens is 214 g/mol. The van der Waals surface area contributed by atoms with Crippen LogP contribution in [0, 0.1) is 5.92 Å². The summed E-state index contributed by atoms with van der Waals surface area (Å²) < 4.78 is 0. The summed E-state index contributed by atoms with van der Waals surface area (Å²) in [6.45, 7) is 8.75. The van der Waals surface area contributed by atoms with Crippen LogP contribution in [0.1, 0.15) is 40.0 Å². The Kier molecular flexibility index (Phi) is 5.92. The predicted octanol–water partition coefficient (Wildman–Crippen LogP) is 0.960. The Balaban J connectivity index is 2.24. The van der Waals surface area contributed by atoms with Crippen molar-refractivity contribution in [3.8, 4) is 0 Å². The number of hydrogen-bond acceptors (Lipinski definition) is 3. The smallest absolute Gasteiger partial charge is 0.234 e. The van der Waals surface area contributed by atoms with E-state index in [1.54, 1.807) is 0 Å². The lowest BCUT2D eigenvalue weighted by Gasteiger charge is -2.19. The van der Waals surface area contributed by atoms with Gasteiger partial charge >= 0.3 is 0 Å². The lowest BCUT2D eigenvalue weighted by molar-refractivity contribution is -0.122. The summed E-state index contributed by atoms with van der Waals surface area (Å²) in [5, 5.41) is 3.04. The zero-order valence-corrected chi connectivity index (χ0v) is 11.4. The van der Waals surface area contributed by atoms with E-state index in [-0.39, 0.29) is 11.9 Å². The largest absolute Gasteiger partial charge is 0.353 e. The lowest BCUT2D eigenvalue weighted by Crippen LogP contribution is -2.40. The molecule has 4 heteroatoms. The van der Waals surface area contributed by atoms with Crippen LogP contribution in [-0.4, -0.2) is 42.5 Å². The molecule has 3 atom stereocenters. The molecule has 1 fully saturated rings. The molecule has 4 nitrogen and oxygen atoms in total. The second kappa shape index (κ2) is 6.97. The van der Waals surface area contributed by atoms with Gasteiger partial charge in [-0.3, -0.25) is 9.69 Å². The molecule has 0 aromatic rings. The van der Waals surface area contributed by atoms with Crippen molar-refractivity contribution in [1.29, 1.82) is 0 Å². The molecule has 0 bridgehead atoms. The molecule has 0 spiro atoms. The van der Waals surface area contributed by atoms with E-state index in [0.29, 0.717) is 18.5 Å². The average Bonchev–Trinajstić information content (AvgIpc) is 2.66. The number of nitrogens with two attached hydrogens (primary N) is 1. The zero-order valence-electron chi connectivity index (χ0n) is 11.4. The van der Waals surface area contributed by atoms with Crippen LogP contribution in [0.25, 0.3) is 0 Å². The molecule has 1 aliphatic rings. The van der Waals surface area contributed by atoms with Gasteiger partial charge in [-0.2, -0.15) is 0 Å². The molecule has 3 N–H and O–H groups in total. The minimum atomic E-state index is 0.149. The Labute approximate surface area is 105 Å². The number of likely N-dealkylation sites (tertiary alicyclic amines) is 1. The fourth-order valence-corrected chi connectivity index (χ4v) is 2.46. The molecule has 1 saturated heterocycles. The highest BCUT2D eigenvalue weighted by Crippen LogP contribution is 2.17. The Hall–Kier alpha value is -0.610. The molecule has 1 amide bonds. The highest BCUT2D eigenvalue weighted by molar-refractivity contribution is 5.78. The van der Waals surface area contributed by atoms with Gasteiger partial charge in [0.2, 0.25) is 5.91 Å². The van der Waals surface area contributed by atoms with E-state index in [1.807, 2.05) is 0 Å². The first-order chi connectivity index (χ1) is 8.02. The monoisotopic (exact) mass is 241 g/mol. The molecular formula is C13H27N3O. The third-order valence-electron chi connectivity index (χ3n) is 3.55. The van der Waals surface area contributed by atoms with E-state index in [2.05, 4.69) is 31.0 Å². The molecule has 0 radical (unpaired) electrons. The van der Waals surface area contributed by atoms with E-state index in [1.165, 1.54) is 0 Å². The van der Waals surface area contributed by atoms with Crippen molar-refractivity contribution in [2.45, 2.75) is 52.1 Å². The topological polar surface area (TPSA) is 58.4 Å². The van der Waals surface area contributed by atoms with Gasteiger partial charge in [0.05, 0.1) is 6.54 Å². The molecule has 1 aliphatic heterocycles. The summed E-state index contributed by atoms with van der Waals surface area (Å²) in [6.07, 6.45) is 3.28. The summed E-state index contributed by atoms with van der Waals surface area (Å²) in [5.74, 6) is 0.701. The summed E-state index contributed by atoms with van der Waals surface area (Å²) in [6, 6.07) is 0.529. The minimum Gasteiger partial charge on any atom is -0.353 e. The van der Waals surface area contributed by atoms with E-state index in [0.717, 1.165) is 32.4 Å². The van der Waals surface area contributed by atoms with Crippen molar-refractivity contribution < 1.29 is 4.79 Å². The number of hydrogen-bond donors (Lipinski definition) is 2. The standard InChI is InChI=1S/C13H27N3O/c1-4-5-10(2)15-13(17)9-16-7-6-12(8-16)11(3)14/h10-12H,4-9,14H2,1-3H3,(H,15,17). The highest BCUT2D eigenvalue weighted by Gasteiger charge is 2.26. The van der Waals surface area contributed by atoms with Gasteiger partial charge in [-0.15, -0.1) is 0 Å². The van der Waals surface area contributed by atoms with E-state index in [4.69, 9.17) is 5.73 Å². The van der Waals surface area contributed by atoms with Gasteiger partial charge in [-0.25, -0.2) is 0 Å². The van der Waals surface area contributed by atoms with Gasteiger partial charge in [0.1, 0.15) is 0 Å². The average molecular weight is 241 g/mol. The number of nitrogens with zero attached hydrogens (tertiary/aromatic N) is 1. The van der Waals surface area contributed by atoms with Crippen LogP contribution in [0.15, 0.2) is 0 Å². The first kappa shape index (κ1) is 14.5. The van der Waals surface area contributed by atoms with Crippen LogP contribution in [0.2, 0.25) is 0 Å². The first-order valence-electron chi connectivity index (χ1n) is 6.80. The number of nitrogens with one attached hydrogen (secondary N) is 1. The number of amides is 1. The number of carbonyl (C=O) groups is 1. The maximum absolute atomic E-state index is 11.8. The SMILES string of the molecule is CCCC(C)NC(=O)CN1CCC(C(C)N)C1. The maximum Gasteiger partial charge on any atom is 0.234 e. The summed E-state index contributed by atoms with van der Waals surface area (Å²) in [7, 11) is 0. The van der Waals surface area contributed by atoms with Crippen molar-refractivity contribution in [3.63, 3.8) is 0 Å². The van der Waals surface area contributed by atoms with Crippen LogP contribution < -0.4 is 11.1 Å². The van der Waals surface area contributed by atoms with Crippen LogP contribution in [0.5, 0.6) is 0 Å². The quantitative estimate of drug-likeness (QED) is 0.728. The molecule has 0 aliphatic carbocycles. The third kappa shape index (κ3) is 5.04. The van der Waals surface area contributed by atoms with Crippen molar-refractivity contribution in [2.24, 2.45) is 11.7 Å². The summed E-state index contributed by atoms with van der Waals surface area (Å²) >= 11 is 0. The molecule has 3 unspecified atom stereocenters. The normalized spacial score (nSPS) is 24.6. The third-order valence-corrected chi connectivity index (χ3v) is 3.55. The van der Waals surface area contributed by atoms with Gasteiger partial charge in [-0.1, -0.05) is 13.3 Å². The van der Waals surface area contributed by atoms with Crippen molar-refractivity contribution >= 4 is 5.91 Å². The van der Waals surface area contributed by atoms with Crippen molar-refractivity contribution in [2.75, 3.05) is 19.6 Å². The van der Waals surface area contributed by atoms with Crippen LogP contribution in [0.4, 0.5) is 0 Å². The molecule has 1 heterocycles. The Morgan fingerprint density at radius 1 is 1.53 bits per heavy atom. The summed E-state index contributed by atoms with van der Waals surface area (Å²) in [5.41, 5.74) is 5.88. The van der Waals surface area contributed by atoms with Gasteiger partial charge in [-0.05, 0) is 39.2 Å². The van der Waals surface area contributed by atoms with Crippen molar-refractivity contribution in [1.82, 2.24) is 10.2 Å². The van der Waals surface area contributed by atoms with Crippen LogP contribution in [-0.2, 0) is 4.79 Å². The minimum absolute atomic E-state index is 0.149. The molecule has 100 valence electrons. The Morgan fingerprint density at radius 3 is 2.76 bits per heavy atom. The van der Waals surface area contributed by atoms with E-state index >= 15 is 0 Å².